The lowest BCUT2D eigenvalue weighted by molar-refractivity contribution is 0.0516. The fourth-order valence-electron chi connectivity index (χ4n) is 3.41. The lowest BCUT2D eigenvalue weighted by atomic mass is 10.0. The van der Waals surface area contributed by atoms with Crippen LogP contribution in [0.2, 0.25) is 0 Å². The molecule has 2 aliphatic carbocycles. The van der Waals surface area contributed by atoms with E-state index in [9.17, 15) is 0 Å². The minimum atomic E-state index is 0.184. The maximum Gasteiger partial charge on any atom is 0.188 e. The van der Waals surface area contributed by atoms with E-state index in [0.717, 1.165) is 44.2 Å². The standard InChI is InChI=1S/C22H20O4/c1-23-13-25-21-17-10-6-7-11-18(17)22(26-14-24-2)20-16-9-5-3-4-8-15(16)12-19(20)21/h3-12H,13-14H2,1-2H3. The third-order valence-electron chi connectivity index (χ3n) is 4.44. The molecular formula is C22H20O4. The van der Waals surface area contributed by atoms with Crippen LogP contribution in [0.15, 0.2) is 60.7 Å². The van der Waals surface area contributed by atoms with Crippen molar-refractivity contribution in [3.63, 3.8) is 0 Å². The SMILES string of the molecule is COCOc1c2ccccc2c(OCOC)c2c3cccccc-3cc12. The molecule has 0 unspecified atom stereocenters. The van der Waals surface area contributed by atoms with Gasteiger partial charge >= 0.3 is 0 Å². The molecule has 2 aliphatic rings. The van der Waals surface area contributed by atoms with Crippen molar-refractivity contribution in [3.05, 3.63) is 60.7 Å². The fraction of sp³-hybridized carbons (Fsp3) is 0.182. The molecule has 132 valence electrons. The molecule has 0 saturated carbocycles. The number of ether oxygens (including phenoxy) is 4. The molecule has 0 heterocycles. The topological polar surface area (TPSA) is 36.9 Å². The van der Waals surface area contributed by atoms with E-state index in [1.807, 2.05) is 42.5 Å². The monoisotopic (exact) mass is 348 g/mol. The predicted molar refractivity (Wildman–Crippen MR) is 103 cm³/mol. The van der Waals surface area contributed by atoms with E-state index in [4.69, 9.17) is 18.9 Å². The van der Waals surface area contributed by atoms with Crippen LogP contribution in [-0.2, 0) is 9.47 Å². The van der Waals surface area contributed by atoms with Crippen LogP contribution in [0.25, 0.3) is 32.7 Å². The Labute approximate surface area is 152 Å². The molecule has 2 aromatic carbocycles. The zero-order valence-corrected chi connectivity index (χ0v) is 14.8. The van der Waals surface area contributed by atoms with Crippen LogP contribution in [0.4, 0.5) is 0 Å². The van der Waals surface area contributed by atoms with Crippen molar-refractivity contribution >= 4 is 21.5 Å². The first kappa shape index (κ1) is 16.6. The van der Waals surface area contributed by atoms with Gasteiger partial charge in [0.25, 0.3) is 0 Å². The summed E-state index contributed by atoms with van der Waals surface area (Å²) >= 11 is 0. The van der Waals surface area contributed by atoms with Crippen molar-refractivity contribution in [2.75, 3.05) is 27.8 Å². The summed E-state index contributed by atoms with van der Waals surface area (Å²) in [6, 6.07) is 20.5. The largest absolute Gasteiger partial charge is 0.466 e. The average Bonchev–Trinajstić information content (AvgIpc) is 2.86. The first-order valence-corrected chi connectivity index (χ1v) is 8.44. The summed E-state index contributed by atoms with van der Waals surface area (Å²) in [5, 5.41) is 4.01. The molecule has 0 atom stereocenters. The number of fused-ring (bicyclic) bond motifs is 4. The van der Waals surface area contributed by atoms with Crippen LogP contribution < -0.4 is 9.47 Å². The Hall–Kier alpha value is -2.82. The van der Waals surface area contributed by atoms with Crippen LogP contribution in [0.1, 0.15) is 0 Å². The van der Waals surface area contributed by atoms with Gasteiger partial charge in [-0.1, -0.05) is 54.6 Å². The van der Waals surface area contributed by atoms with Gasteiger partial charge in [0.2, 0.25) is 0 Å². The van der Waals surface area contributed by atoms with Gasteiger partial charge in [0.15, 0.2) is 13.6 Å². The average molecular weight is 348 g/mol. The molecule has 0 N–H and O–H groups in total. The Morgan fingerprint density at radius 2 is 1.27 bits per heavy atom. The van der Waals surface area contributed by atoms with Crippen LogP contribution >= 0.6 is 0 Å². The smallest absolute Gasteiger partial charge is 0.188 e. The van der Waals surface area contributed by atoms with Crippen molar-refractivity contribution in [2.24, 2.45) is 0 Å². The van der Waals surface area contributed by atoms with Gasteiger partial charge in [0.1, 0.15) is 11.5 Å². The highest BCUT2D eigenvalue weighted by Gasteiger charge is 2.21. The molecule has 0 bridgehead atoms. The van der Waals surface area contributed by atoms with Gasteiger partial charge in [-0.15, -0.1) is 0 Å². The molecule has 0 aliphatic heterocycles. The second-order valence-corrected chi connectivity index (χ2v) is 6.02. The highest BCUT2D eigenvalue weighted by molar-refractivity contribution is 6.18. The first-order chi connectivity index (χ1) is 12.8. The second-order valence-electron chi connectivity index (χ2n) is 6.02. The first-order valence-electron chi connectivity index (χ1n) is 8.44. The summed E-state index contributed by atoms with van der Waals surface area (Å²) in [6.45, 7) is 0.371. The molecule has 0 fully saturated rings. The minimum Gasteiger partial charge on any atom is -0.466 e. The molecule has 26 heavy (non-hydrogen) atoms. The van der Waals surface area contributed by atoms with Gasteiger partial charge in [-0.05, 0) is 17.2 Å². The quantitative estimate of drug-likeness (QED) is 0.456. The fourth-order valence-corrected chi connectivity index (χ4v) is 3.41. The number of methoxy groups -OCH3 is 2. The summed E-state index contributed by atoms with van der Waals surface area (Å²) in [7, 11) is 3.25. The maximum absolute atomic E-state index is 6.03. The highest BCUT2D eigenvalue weighted by atomic mass is 16.7. The lowest BCUT2D eigenvalue weighted by Gasteiger charge is -2.16. The summed E-state index contributed by atoms with van der Waals surface area (Å²) in [6.07, 6.45) is 0. The molecular weight excluding hydrogens is 328 g/mol. The van der Waals surface area contributed by atoms with Crippen molar-refractivity contribution in [1.29, 1.82) is 0 Å². The van der Waals surface area contributed by atoms with E-state index in [0.29, 0.717) is 0 Å². The molecule has 4 nitrogen and oxygen atoms in total. The molecule has 4 heteroatoms. The van der Waals surface area contributed by atoms with E-state index >= 15 is 0 Å². The van der Waals surface area contributed by atoms with E-state index < -0.39 is 0 Å². The van der Waals surface area contributed by atoms with Crippen molar-refractivity contribution in [1.82, 2.24) is 0 Å². The minimum absolute atomic E-state index is 0.184. The number of benzene rings is 2. The Morgan fingerprint density at radius 1 is 0.654 bits per heavy atom. The van der Waals surface area contributed by atoms with Crippen molar-refractivity contribution in [2.45, 2.75) is 0 Å². The van der Waals surface area contributed by atoms with E-state index in [-0.39, 0.29) is 13.6 Å². The van der Waals surface area contributed by atoms with Gasteiger partial charge in [-0.3, -0.25) is 0 Å². The van der Waals surface area contributed by atoms with Crippen LogP contribution in [0.5, 0.6) is 11.5 Å². The summed E-state index contributed by atoms with van der Waals surface area (Å²) < 4.78 is 22.3. The Morgan fingerprint density at radius 3 is 2.00 bits per heavy atom. The molecule has 2 aromatic rings. The zero-order chi connectivity index (χ0) is 17.9. The molecule has 0 spiro atoms. The van der Waals surface area contributed by atoms with Gasteiger partial charge in [-0.25, -0.2) is 0 Å². The molecule has 0 amide bonds. The normalized spacial score (nSPS) is 11.3. The van der Waals surface area contributed by atoms with Gasteiger partial charge < -0.3 is 18.9 Å². The van der Waals surface area contributed by atoms with E-state index in [1.54, 1.807) is 14.2 Å². The number of hydrogen-bond donors (Lipinski definition) is 0. The molecule has 4 rings (SSSR count). The highest BCUT2D eigenvalue weighted by Crippen LogP contribution is 2.49. The van der Waals surface area contributed by atoms with Crippen molar-refractivity contribution < 1.29 is 18.9 Å². The lowest BCUT2D eigenvalue weighted by Crippen LogP contribution is -2.03. The summed E-state index contributed by atoms with van der Waals surface area (Å²) in [4.78, 5) is 0. The molecule has 0 radical (unpaired) electrons. The van der Waals surface area contributed by atoms with Crippen LogP contribution in [0.3, 0.4) is 0 Å². The number of rotatable bonds is 6. The van der Waals surface area contributed by atoms with Crippen molar-refractivity contribution in [3.8, 4) is 22.6 Å². The molecule has 0 aromatic heterocycles. The number of hydrogen-bond acceptors (Lipinski definition) is 4. The van der Waals surface area contributed by atoms with E-state index in [2.05, 4.69) is 18.2 Å². The Balaban J connectivity index is 2.14. The zero-order valence-electron chi connectivity index (χ0n) is 14.8. The third kappa shape index (κ3) is 2.73. The Bertz CT molecular complexity index is 1030. The summed E-state index contributed by atoms with van der Waals surface area (Å²) in [5.74, 6) is 1.62. The van der Waals surface area contributed by atoms with E-state index in [1.165, 1.54) is 0 Å². The third-order valence-corrected chi connectivity index (χ3v) is 4.44. The molecule has 0 saturated heterocycles. The van der Waals surface area contributed by atoms with Crippen LogP contribution in [-0.4, -0.2) is 27.8 Å². The van der Waals surface area contributed by atoms with Gasteiger partial charge in [-0.2, -0.15) is 0 Å². The van der Waals surface area contributed by atoms with Gasteiger partial charge in [0, 0.05) is 35.8 Å². The maximum atomic E-state index is 6.03. The van der Waals surface area contributed by atoms with Crippen LogP contribution in [0, 0.1) is 0 Å². The summed E-state index contributed by atoms with van der Waals surface area (Å²) in [5.41, 5.74) is 2.24. The Kier molecular flexibility index (Phi) is 4.61. The predicted octanol–water partition coefficient (Wildman–Crippen LogP) is 5.06. The van der Waals surface area contributed by atoms with Gasteiger partial charge in [0.05, 0.1) is 0 Å². The second kappa shape index (κ2) is 7.20.